The summed E-state index contributed by atoms with van der Waals surface area (Å²) in [6.07, 6.45) is 7.45. The molecule has 2 saturated heterocycles. The predicted molar refractivity (Wildman–Crippen MR) is 138 cm³/mol. The Bertz CT molecular complexity index is 1300. The van der Waals surface area contributed by atoms with Gasteiger partial charge in [0.05, 0.1) is 18.0 Å². The fourth-order valence-electron chi connectivity index (χ4n) is 5.76. The number of ether oxygens (including phenoxy) is 2. The molecule has 196 valence electrons. The first-order valence-corrected chi connectivity index (χ1v) is 13.1. The maximum Gasteiger partial charge on any atom is 0.236 e. The van der Waals surface area contributed by atoms with Crippen molar-refractivity contribution >= 4 is 22.8 Å². The van der Waals surface area contributed by atoms with Crippen LogP contribution in [0.3, 0.4) is 0 Å². The molecule has 0 spiro atoms. The number of aromatic nitrogens is 3. The number of likely N-dealkylation sites (N-methyl/N-ethyl adjacent to an activating group) is 1. The van der Waals surface area contributed by atoms with Crippen LogP contribution >= 0.6 is 0 Å². The van der Waals surface area contributed by atoms with Crippen LogP contribution in [0.4, 0.5) is 10.2 Å². The standard InChI is InChI=1S/C27H33FN6O3/c1-32-6-7-33(14-24(32)35)12-17-9-18(10-17)34-13-22(25-26(29)30-16-31-27(25)34)21-11-19(4-5-23(21)28)37-15-20-3-2-8-36-20/h4-5,11,13,16-18,20H,2-3,6-10,12,14-15H2,1H3,(H2,29,30,31). The molecule has 3 aliphatic rings. The normalized spacial score (nSPS) is 24.5. The molecule has 10 heteroatoms. The van der Waals surface area contributed by atoms with Crippen LogP contribution in [-0.4, -0.2) is 82.8 Å². The molecule has 4 heterocycles. The Balaban J connectivity index is 1.22. The second-order valence-electron chi connectivity index (χ2n) is 10.5. The molecule has 1 unspecified atom stereocenters. The number of hydrogen-bond acceptors (Lipinski definition) is 7. The van der Waals surface area contributed by atoms with Gasteiger partial charge in [-0.1, -0.05) is 0 Å². The number of piperazine rings is 1. The van der Waals surface area contributed by atoms with Crippen molar-refractivity contribution in [3.63, 3.8) is 0 Å². The molecule has 1 atom stereocenters. The number of hydrogen-bond donors (Lipinski definition) is 1. The summed E-state index contributed by atoms with van der Waals surface area (Å²) < 4.78 is 28.8. The summed E-state index contributed by atoms with van der Waals surface area (Å²) in [5.74, 6) is 1.26. The maximum absolute atomic E-state index is 15.1. The molecule has 3 fully saturated rings. The molecular weight excluding hydrogens is 475 g/mol. The lowest BCUT2D eigenvalue weighted by molar-refractivity contribution is -0.134. The average molecular weight is 509 g/mol. The van der Waals surface area contributed by atoms with Crippen molar-refractivity contribution < 1.29 is 18.7 Å². The summed E-state index contributed by atoms with van der Waals surface area (Å²) in [4.78, 5) is 24.8. The minimum absolute atomic E-state index is 0.0787. The first-order chi connectivity index (χ1) is 18.0. The average Bonchev–Trinajstić information content (AvgIpc) is 3.52. The van der Waals surface area contributed by atoms with E-state index < -0.39 is 0 Å². The van der Waals surface area contributed by atoms with Crippen LogP contribution < -0.4 is 10.5 Å². The van der Waals surface area contributed by atoms with E-state index in [2.05, 4.69) is 19.4 Å². The highest BCUT2D eigenvalue weighted by Gasteiger charge is 2.35. The number of benzene rings is 1. The highest BCUT2D eigenvalue weighted by Crippen LogP contribution is 2.44. The van der Waals surface area contributed by atoms with E-state index in [0.717, 1.165) is 51.9 Å². The van der Waals surface area contributed by atoms with Gasteiger partial charge in [0, 0.05) is 56.7 Å². The topological polar surface area (TPSA) is 98.7 Å². The molecule has 2 N–H and O–H groups in total. The molecule has 37 heavy (non-hydrogen) atoms. The van der Waals surface area contributed by atoms with Crippen molar-refractivity contribution in [2.75, 3.05) is 52.2 Å². The second kappa shape index (κ2) is 9.90. The van der Waals surface area contributed by atoms with Gasteiger partial charge in [0.1, 0.15) is 36.0 Å². The number of halogens is 1. The summed E-state index contributed by atoms with van der Waals surface area (Å²) in [7, 11) is 1.86. The SMILES string of the molecule is CN1CCN(CC2CC(n3cc(-c4cc(OCC5CCCO5)ccc4F)c4c(N)ncnc43)C2)CC1=O. The smallest absolute Gasteiger partial charge is 0.236 e. The van der Waals surface area contributed by atoms with Crippen LogP contribution in [0.1, 0.15) is 31.7 Å². The summed E-state index contributed by atoms with van der Waals surface area (Å²) in [6, 6.07) is 5.04. The number of nitrogen functional groups attached to an aromatic ring is 1. The molecule has 1 aliphatic carbocycles. The lowest BCUT2D eigenvalue weighted by Crippen LogP contribution is -2.50. The van der Waals surface area contributed by atoms with E-state index in [1.54, 1.807) is 17.0 Å². The summed E-state index contributed by atoms with van der Waals surface area (Å²) in [5.41, 5.74) is 8.09. The van der Waals surface area contributed by atoms with Crippen molar-refractivity contribution in [2.45, 2.75) is 37.8 Å². The Morgan fingerprint density at radius 1 is 1.22 bits per heavy atom. The van der Waals surface area contributed by atoms with E-state index >= 15 is 4.39 Å². The van der Waals surface area contributed by atoms with Crippen LogP contribution in [0.2, 0.25) is 0 Å². The minimum Gasteiger partial charge on any atom is -0.491 e. The maximum atomic E-state index is 15.1. The summed E-state index contributed by atoms with van der Waals surface area (Å²) in [5, 5.41) is 0.658. The lowest BCUT2D eigenvalue weighted by Gasteiger charge is -2.41. The number of carbonyl (C=O) groups is 1. The van der Waals surface area contributed by atoms with Crippen LogP contribution in [0.5, 0.6) is 5.75 Å². The van der Waals surface area contributed by atoms with Gasteiger partial charge in [-0.2, -0.15) is 0 Å². The monoisotopic (exact) mass is 508 g/mol. The number of amides is 1. The third kappa shape index (κ3) is 4.75. The van der Waals surface area contributed by atoms with Gasteiger partial charge in [0.15, 0.2) is 0 Å². The zero-order valence-electron chi connectivity index (χ0n) is 21.1. The first kappa shape index (κ1) is 24.1. The van der Waals surface area contributed by atoms with Crippen molar-refractivity contribution in [2.24, 2.45) is 5.92 Å². The largest absolute Gasteiger partial charge is 0.491 e. The third-order valence-electron chi connectivity index (χ3n) is 7.98. The first-order valence-electron chi connectivity index (χ1n) is 13.1. The molecular formula is C27H33FN6O3. The van der Waals surface area contributed by atoms with E-state index in [0.29, 0.717) is 52.8 Å². The van der Waals surface area contributed by atoms with Crippen molar-refractivity contribution in [1.82, 2.24) is 24.3 Å². The lowest BCUT2D eigenvalue weighted by atomic mass is 9.79. The molecule has 0 bridgehead atoms. The van der Waals surface area contributed by atoms with E-state index in [4.69, 9.17) is 15.2 Å². The van der Waals surface area contributed by atoms with E-state index in [-0.39, 0.29) is 23.9 Å². The molecule has 2 aliphatic heterocycles. The van der Waals surface area contributed by atoms with Crippen molar-refractivity contribution in [3.05, 3.63) is 36.5 Å². The van der Waals surface area contributed by atoms with Crippen molar-refractivity contribution in [3.8, 4) is 16.9 Å². The van der Waals surface area contributed by atoms with E-state index in [9.17, 15) is 4.79 Å². The van der Waals surface area contributed by atoms with E-state index in [1.165, 1.54) is 12.4 Å². The fraction of sp³-hybridized carbons (Fsp3) is 0.519. The number of nitrogens with zero attached hydrogens (tertiary/aromatic N) is 5. The molecule has 1 amide bonds. The van der Waals surface area contributed by atoms with Crippen LogP contribution in [0.25, 0.3) is 22.2 Å². The number of anilines is 1. The van der Waals surface area contributed by atoms with Crippen LogP contribution in [0, 0.1) is 11.7 Å². The molecule has 9 nitrogen and oxygen atoms in total. The van der Waals surface area contributed by atoms with Gasteiger partial charge < -0.3 is 24.7 Å². The van der Waals surface area contributed by atoms with E-state index in [1.807, 2.05) is 13.2 Å². The Hall–Kier alpha value is -3.24. The predicted octanol–water partition coefficient (Wildman–Crippen LogP) is 3.10. The molecule has 1 saturated carbocycles. The van der Waals surface area contributed by atoms with Crippen LogP contribution in [-0.2, 0) is 9.53 Å². The molecule has 1 aromatic carbocycles. The fourth-order valence-corrected chi connectivity index (χ4v) is 5.76. The zero-order valence-corrected chi connectivity index (χ0v) is 21.1. The Morgan fingerprint density at radius 3 is 2.86 bits per heavy atom. The second-order valence-corrected chi connectivity index (χ2v) is 10.5. The third-order valence-corrected chi connectivity index (χ3v) is 7.98. The van der Waals surface area contributed by atoms with Gasteiger partial charge in [-0.25, -0.2) is 14.4 Å². The summed E-state index contributed by atoms with van der Waals surface area (Å²) in [6.45, 7) is 4.30. The number of nitrogens with two attached hydrogens (primary N) is 1. The summed E-state index contributed by atoms with van der Waals surface area (Å²) >= 11 is 0. The number of carbonyl (C=O) groups excluding carboxylic acids is 1. The minimum atomic E-state index is -0.349. The van der Waals surface area contributed by atoms with Gasteiger partial charge in [-0.15, -0.1) is 0 Å². The quantitative estimate of drug-likeness (QED) is 0.524. The Labute approximate surface area is 215 Å². The molecule has 6 rings (SSSR count). The molecule has 2 aromatic heterocycles. The van der Waals surface area contributed by atoms with Crippen LogP contribution in [0.15, 0.2) is 30.7 Å². The highest BCUT2D eigenvalue weighted by atomic mass is 19.1. The van der Waals surface area contributed by atoms with Gasteiger partial charge in [0.25, 0.3) is 0 Å². The van der Waals surface area contributed by atoms with Crippen molar-refractivity contribution in [1.29, 1.82) is 0 Å². The van der Waals surface area contributed by atoms with Gasteiger partial charge >= 0.3 is 0 Å². The number of fused-ring (bicyclic) bond motifs is 1. The Kier molecular flexibility index (Phi) is 6.46. The Morgan fingerprint density at radius 2 is 2.08 bits per heavy atom. The zero-order chi connectivity index (χ0) is 25.5. The molecule has 3 aromatic rings. The van der Waals surface area contributed by atoms with Gasteiger partial charge in [-0.3, -0.25) is 9.69 Å². The number of rotatable bonds is 7. The van der Waals surface area contributed by atoms with Gasteiger partial charge in [0.2, 0.25) is 5.91 Å². The van der Waals surface area contributed by atoms with Gasteiger partial charge in [-0.05, 0) is 49.8 Å². The highest BCUT2D eigenvalue weighted by molar-refractivity contribution is 6.01. The molecule has 0 radical (unpaired) electrons.